The fourth-order valence-corrected chi connectivity index (χ4v) is 8.76. The van der Waals surface area contributed by atoms with Crippen LogP contribution in [0.5, 0.6) is 5.75 Å². The van der Waals surface area contributed by atoms with Gasteiger partial charge in [0.1, 0.15) is 21.8 Å². The van der Waals surface area contributed by atoms with Gasteiger partial charge in [-0.25, -0.2) is 14.6 Å². The number of carbonyl (C=O) groups excluding carboxylic acids is 8. The Labute approximate surface area is 355 Å². The van der Waals surface area contributed by atoms with E-state index < -0.39 is 35.3 Å². The zero-order valence-electron chi connectivity index (χ0n) is 34.7. The molecule has 2 aromatic rings. The first-order valence-corrected chi connectivity index (χ1v) is 21.2. The number of nitrogens with zero attached hydrogens (tertiary/aromatic N) is 5. The number of likely N-dealkylation sites (N-methyl/N-ethyl adjacent to an activating group) is 1. The Balaban J connectivity index is 1.18. The van der Waals surface area contributed by atoms with Crippen LogP contribution in [-0.4, -0.2) is 137 Å². The fraction of sp³-hybridized carbons (Fsp3) is 0.512. The normalized spacial score (nSPS) is 17.2. The lowest BCUT2D eigenvalue weighted by Crippen LogP contribution is -2.43. The van der Waals surface area contributed by atoms with Gasteiger partial charge in [0.15, 0.2) is 17.3 Å². The molecule has 1 aromatic carbocycles. The van der Waals surface area contributed by atoms with Crippen molar-refractivity contribution in [3.8, 4) is 5.75 Å². The minimum absolute atomic E-state index is 0.00383. The number of imide groups is 1. The molecule has 19 heteroatoms. The number of Topliss-reactive ketones (excluding diaryl/α,β-unsaturated/α-hetero) is 3. The predicted octanol–water partition coefficient (Wildman–Crippen LogP) is 4.26. The highest BCUT2D eigenvalue weighted by molar-refractivity contribution is 8.15. The van der Waals surface area contributed by atoms with Gasteiger partial charge in [-0.3, -0.25) is 33.8 Å². The number of hydrogen-bond donors (Lipinski definition) is 0. The van der Waals surface area contributed by atoms with E-state index in [-0.39, 0.29) is 101 Å². The summed E-state index contributed by atoms with van der Waals surface area (Å²) in [6.07, 6.45) is -0.950. The Morgan fingerprint density at radius 1 is 0.883 bits per heavy atom. The number of benzene rings is 1. The van der Waals surface area contributed by atoms with Crippen LogP contribution in [-0.2, 0) is 47.9 Å². The molecule has 0 bridgehead atoms. The van der Waals surface area contributed by atoms with Crippen molar-refractivity contribution < 1.29 is 57.4 Å². The van der Waals surface area contributed by atoms with E-state index in [9.17, 15) is 38.4 Å². The van der Waals surface area contributed by atoms with Gasteiger partial charge in [0, 0.05) is 85.5 Å². The van der Waals surface area contributed by atoms with Crippen LogP contribution in [0.2, 0.25) is 0 Å². The van der Waals surface area contributed by atoms with Crippen LogP contribution in [0.1, 0.15) is 72.2 Å². The maximum Gasteiger partial charge on any atom is 0.415 e. The largest absolute Gasteiger partial charge is 0.415 e. The molecule has 17 nitrogen and oxygen atoms in total. The maximum absolute atomic E-state index is 13.7. The van der Waals surface area contributed by atoms with Crippen molar-refractivity contribution in [3.63, 3.8) is 0 Å². The lowest BCUT2D eigenvalue weighted by Gasteiger charge is -2.33. The molecule has 3 heterocycles. The summed E-state index contributed by atoms with van der Waals surface area (Å²) in [4.78, 5) is 117. The summed E-state index contributed by atoms with van der Waals surface area (Å²) in [6.45, 7) is 10.4. The van der Waals surface area contributed by atoms with Gasteiger partial charge in [-0.2, -0.15) is 0 Å². The van der Waals surface area contributed by atoms with Gasteiger partial charge < -0.3 is 28.8 Å². The van der Waals surface area contributed by atoms with Gasteiger partial charge in [-0.05, 0) is 39.8 Å². The number of ketones is 3. The molecule has 1 aromatic heterocycles. The predicted molar refractivity (Wildman–Crippen MR) is 221 cm³/mol. The number of allylic oxidation sites excluding steroid dienone is 4. The summed E-state index contributed by atoms with van der Waals surface area (Å²) in [7, 11) is 1.59. The molecule has 5 rings (SSSR count). The number of thioether (sulfide) groups is 1. The van der Waals surface area contributed by atoms with Gasteiger partial charge in [0.25, 0.3) is 11.8 Å². The fourth-order valence-electron chi connectivity index (χ4n) is 6.58. The first-order valence-electron chi connectivity index (χ1n) is 19.4. The number of hydroxylamine groups is 2. The molecular weight excluding hydrogens is 819 g/mol. The Morgan fingerprint density at radius 2 is 1.55 bits per heavy atom. The second-order valence-corrected chi connectivity index (χ2v) is 17.2. The van der Waals surface area contributed by atoms with Crippen molar-refractivity contribution in [2.75, 3.05) is 58.9 Å². The van der Waals surface area contributed by atoms with Gasteiger partial charge in [0.2, 0.25) is 5.91 Å². The lowest BCUT2D eigenvalue weighted by molar-refractivity contribution is -0.198. The van der Waals surface area contributed by atoms with Gasteiger partial charge in [-0.15, -0.1) is 28.2 Å². The summed E-state index contributed by atoms with van der Waals surface area (Å²) in [5.74, 6) is -1.86. The molecule has 0 radical (unpaired) electrons. The molecule has 0 saturated carbocycles. The van der Waals surface area contributed by atoms with Crippen molar-refractivity contribution in [1.82, 2.24) is 19.8 Å². The first-order chi connectivity index (χ1) is 28.4. The molecule has 322 valence electrons. The Bertz CT molecular complexity index is 2180. The standard InChI is InChI=1S/C41H49N5O12S2/c1-23-24(2)37(53)35(25(3)36(23)52)41(5,6)21-33(50)44(7)13-14-45(15-17-56-19-18-55-16-12-34(51)58-46-31(48)10-11-32(46)49)40(54)57-27-8-9-28-30(20-27)60-39(42-28)38-43-29(22-59-38)26(4)47/h8-9,20,29H,10-19,21-22H2,1-7H3/t29-/m1/s1. The van der Waals surface area contributed by atoms with Crippen molar-refractivity contribution in [2.24, 2.45) is 10.4 Å². The number of ether oxygens (including phenoxy) is 3. The second kappa shape index (κ2) is 20.0. The van der Waals surface area contributed by atoms with E-state index in [0.717, 1.165) is 4.70 Å². The van der Waals surface area contributed by atoms with E-state index in [1.165, 1.54) is 39.8 Å². The molecule has 4 amide bonds. The number of thiazole rings is 1. The molecule has 0 N–H and O–H groups in total. The Hall–Kier alpha value is -5.11. The summed E-state index contributed by atoms with van der Waals surface area (Å²) < 4.78 is 17.7. The van der Waals surface area contributed by atoms with Gasteiger partial charge in [0.05, 0.1) is 43.1 Å². The van der Waals surface area contributed by atoms with Crippen LogP contribution in [0, 0.1) is 5.41 Å². The summed E-state index contributed by atoms with van der Waals surface area (Å²) in [6, 6.07) is 4.66. The van der Waals surface area contributed by atoms with E-state index in [1.54, 1.807) is 59.9 Å². The third-order valence-electron chi connectivity index (χ3n) is 10.2. The van der Waals surface area contributed by atoms with Crippen LogP contribution < -0.4 is 4.74 Å². The van der Waals surface area contributed by atoms with Crippen molar-refractivity contribution in [3.05, 3.63) is 45.5 Å². The maximum atomic E-state index is 13.7. The molecule has 3 aliphatic rings. The zero-order chi connectivity index (χ0) is 43.9. The number of aromatic nitrogens is 1. The third kappa shape index (κ3) is 11.2. The summed E-state index contributed by atoms with van der Waals surface area (Å²) in [5, 5.41) is 1.84. The molecule has 1 atom stereocenters. The molecule has 60 heavy (non-hydrogen) atoms. The quantitative estimate of drug-likeness (QED) is 0.110. The number of amides is 4. The Morgan fingerprint density at radius 3 is 2.22 bits per heavy atom. The van der Waals surface area contributed by atoms with Crippen LogP contribution in [0.3, 0.4) is 0 Å². The molecule has 1 saturated heterocycles. The van der Waals surface area contributed by atoms with Crippen molar-refractivity contribution in [1.29, 1.82) is 0 Å². The number of fused-ring (bicyclic) bond motifs is 1. The summed E-state index contributed by atoms with van der Waals surface area (Å²) in [5.41, 5.74) is 1.15. The van der Waals surface area contributed by atoms with E-state index in [2.05, 4.69) is 9.98 Å². The molecule has 1 fully saturated rings. The molecule has 0 unspecified atom stereocenters. The molecule has 1 aliphatic carbocycles. The number of carbonyl (C=O) groups is 8. The van der Waals surface area contributed by atoms with Crippen LogP contribution in [0.4, 0.5) is 4.79 Å². The SMILES string of the molecule is CC(=O)[C@H]1CSC(c2nc3ccc(OC(=O)N(CCOCCOCCC(=O)ON4C(=O)CCC4=O)CCN(C)C(=O)CC(C)(C)C4=C(C)C(=O)C(C)=C(C)C4=O)cc3s2)=N1. The highest BCUT2D eigenvalue weighted by atomic mass is 32.2. The molecule has 0 spiro atoms. The number of hydrogen-bond acceptors (Lipinski definition) is 16. The first kappa shape index (κ1) is 46.0. The van der Waals surface area contributed by atoms with Crippen LogP contribution in [0.25, 0.3) is 10.2 Å². The topological polar surface area (TPSA) is 208 Å². The van der Waals surface area contributed by atoms with E-state index in [0.29, 0.717) is 48.7 Å². The van der Waals surface area contributed by atoms with Crippen molar-refractivity contribution >= 4 is 85.5 Å². The van der Waals surface area contributed by atoms with Crippen molar-refractivity contribution in [2.45, 2.75) is 73.3 Å². The Kier molecular flexibility index (Phi) is 15.3. The monoisotopic (exact) mass is 867 g/mol. The van der Waals surface area contributed by atoms with E-state index >= 15 is 0 Å². The summed E-state index contributed by atoms with van der Waals surface area (Å²) >= 11 is 2.84. The smallest absolute Gasteiger partial charge is 0.410 e. The minimum atomic E-state index is -0.946. The zero-order valence-corrected chi connectivity index (χ0v) is 36.4. The van der Waals surface area contributed by atoms with Crippen LogP contribution >= 0.6 is 23.1 Å². The highest BCUT2D eigenvalue weighted by Crippen LogP contribution is 2.39. The van der Waals surface area contributed by atoms with E-state index in [4.69, 9.17) is 19.0 Å². The second-order valence-electron chi connectivity index (χ2n) is 15.2. The highest BCUT2D eigenvalue weighted by Gasteiger charge is 2.39. The minimum Gasteiger partial charge on any atom is -0.410 e. The number of rotatable bonds is 19. The average Bonchev–Trinajstić information content (AvgIpc) is 3.94. The van der Waals surface area contributed by atoms with Gasteiger partial charge in [-0.1, -0.05) is 13.8 Å². The van der Waals surface area contributed by atoms with E-state index in [1.807, 2.05) is 0 Å². The average molecular weight is 868 g/mol. The van der Waals surface area contributed by atoms with Crippen LogP contribution in [0.15, 0.2) is 45.5 Å². The molecular formula is C41H49N5O12S2. The molecule has 2 aliphatic heterocycles. The lowest BCUT2D eigenvalue weighted by atomic mass is 9.71. The third-order valence-corrected chi connectivity index (χ3v) is 12.4. The van der Waals surface area contributed by atoms with Gasteiger partial charge >= 0.3 is 12.1 Å². The number of aliphatic imine (C=N–C) groups is 1.